The van der Waals surface area contributed by atoms with E-state index in [1.54, 1.807) is 54.3 Å². The number of halogens is 2. The van der Waals surface area contributed by atoms with Crippen molar-refractivity contribution >= 4 is 115 Å². The first-order chi connectivity index (χ1) is 59.4. The zero-order valence-electron chi connectivity index (χ0n) is 65.5. The number of para-hydroxylation sites is 4. The van der Waals surface area contributed by atoms with E-state index in [1.807, 2.05) is 333 Å². The summed E-state index contributed by atoms with van der Waals surface area (Å²) >= 11 is 13.9. The van der Waals surface area contributed by atoms with Gasteiger partial charge in [-0.15, -0.1) is 11.3 Å². The van der Waals surface area contributed by atoms with Crippen molar-refractivity contribution in [2.45, 2.75) is 26.2 Å². The Bertz CT molecular complexity index is 6310. The molecule has 0 unspecified atom stereocenters. The number of nitrogens with zero attached hydrogens (tertiary/aromatic N) is 4. The molecule has 0 saturated heterocycles. The predicted molar refractivity (Wildman–Crippen MR) is 493 cm³/mol. The average molecular weight is 1640 g/mol. The van der Waals surface area contributed by atoms with Gasteiger partial charge in [-0.05, 0) is 235 Å². The van der Waals surface area contributed by atoms with Gasteiger partial charge < -0.3 is 42.5 Å². The van der Waals surface area contributed by atoms with Crippen molar-refractivity contribution in [1.29, 1.82) is 0 Å². The molecule has 0 spiro atoms. The van der Waals surface area contributed by atoms with Crippen LogP contribution in [0.3, 0.4) is 0 Å². The summed E-state index contributed by atoms with van der Waals surface area (Å²) < 4.78 is 0. The van der Waals surface area contributed by atoms with E-state index in [4.69, 9.17) is 23.2 Å². The van der Waals surface area contributed by atoms with E-state index in [0.717, 1.165) is 117 Å². The number of hydrogen-bond donors (Lipinski definition) is 8. The molecule has 19 heteroatoms. The van der Waals surface area contributed by atoms with Crippen molar-refractivity contribution < 1.29 is 19.2 Å². The lowest BCUT2D eigenvalue weighted by molar-refractivity contribution is 0.0943. The molecule has 0 radical (unpaired) electrons. The van der Waals surface area contributed by atoms with Gasteiger partial charge in [0.2, 0.25) is 0 Å². The van der Waals surface area contributed by atoms with Gasteiger partial charge in [0.05, 0.1) is 16.6 Å². The number of fused-ring (bicyclic) bond motifs is 1. The molecule has 0 aliphatic heterocycles. The number of pyridine rings is 4. The van der Waals surface area contributed by atoms with Crippen molar-refractivity contribution in [3.63, 3.8) is 0 Å². The molecule has 0 aliphatic rings. The number of carbonyl (C=O) groups is 4. The van der Waals surface area contributed by atoms with E-state index in [1.165, 1.54) is 5.39 Å². The molecular weight excluding hydrogens is 1560 g/mol. The van der Waals surface area contributed by atoms with E-state index in [0.29, 0.717) is 58.5 Å². The molecule has 12 aromatic carbocycles. The topological polar surface area (TPSA) is 216 Å². The molecule has 8 N–H and O–H groups in total. The Kier molecular flexibility index (Phi) is 28.7. The monoisotopic (exact) mass is 1640 g/mol. The molecule has 17 aromatic rings. The molecule has 0 atom stereocenters. The van der Waals surface area contributed by atoms with Crippen molar-refractivity contribution in [2.24, 2.45) is 0 Å². The van der Waals surface area contributed by atoms with E-state index >= 15 is 0 Å². The van der Waals surface area contributed by atoms with E-state index in [-0.39, 0.29) is 23.6 Å². The van der Waals surface area contributed by atoms with Crippen molar-refractivity contribution in [1.82, 2.24) is 41.2 Å². The second-order valence-corrected chi connectivity index (χ2v) is 29.5. The average Bonchev–Trinajstić information content (AvgIpc) is 1.34. The molecule has 5 aromatic heterocycles. The molecule has 594 valence electrons. The van der Waals surface area contributed by atoms with Crippen LogP contribution < -0.4 is 42.5 Å². The summed E-state index contributed by atoms with van der Waals surface area (Å²) in [4.78, 5) is 69.4. The molecule has 0 fully saturated rings. The van der Waals surface area contributed by atoms with Crippen molar-refractivity contribution in [3.05, 3.63) is 454 Å². The highest BCUT2D eigenvalue weighted by Crippen LogP contribution is 2.31. The summed E-state index contributed by atoms with van der Waals surface area (Å²) in [6.45, 7) is 1.82. The van der Waals surface area contributed by atoms with E-state index in [9.17, 15) is 19.2 Å². The zero-order chi connectivity index (χ0) is 83.2. The number of benzene rings is 12. The maximum atomic E-state index is 12.9. The summed E-state index contributed by atoms with van der Waals surface area (Å²) in [5.41, 5.74) is 17.1. The van der Waals surface area contributed by atoms with Crippen molar-refractivity contribution in [2.75, 3.05) is 21.3 Å². The van der Waals surface area contributed by atoms with Crippen LogP contribution >= 0.6 is 34.5 Å². The lowest BCUT2D eigenvalue weighted by atomic mass is 10.0. The maximum Gasteiger partial charge on any atom is 0.251 e. The Balaban J connectivity index is 0.000000132. The van der Waals surface area contributed by atoms with Gasteiger partial charge in [0.15, 0.2) is 0 Å². The Morgan fingerprint density at radius 2 is 0.587 bits per heavy atom. The van der Waals surface area contributed by atoms with Gasteiger partial charge >= 0.3 is 0 Å². The summed E-state index contributed by atoms with van der Waals surface area (Å²) in [6.07, 6.45) is 7.05. The number of aromatic nitrogens is 4. The highest BCUT2D eigenvalue weighted by Gasteiger charge is 2.16. The fourth-order valence-electron chi connectivity index (χ4n) is 13.0. The second kappa shape index (κ2) is 42.1. The van der Waals surface area contributed by atoms with Crippen LogP contribution in [0.5, 0.6) is 0 Å². The molecule has 4 amide bonds. The highest BCUT2D eigenvalue weighted by atomic mass is 35.5. The minimum atomic E-state index is -0.186. The number of rotatable bonds is 24. The predicted octanol–water partition coefficient (Wildman–Crippen LogP) is 24.2. The third-order valence-electron chi connectivity index (χ3n) is 19.1. The van der Waals surface area contributed by atoms with Crippen LogP contribution in [0.4, 0.5) is 46.0 Å². The lowest BCUT2D eigenvalue weighted by Gasteiger charge is -2.10. The van der Waals surface area contributed by atoms with Crippen LogP contribution in [0.15, 0.2) is 400 Å². The second-order valence-electron chi connectivity index (χ2n) is 27.7. The number of hydrogen-bond acceptors (Lipinski definition) is 13. The molecular formula is C102H82Cl2N12O4S. The fraction of sp³-hybridized carbons (Fsp3) is 0.0392. The van der Waals surface area contributed by atoms with Gasteiger partial charge in [0.25, 0.3) is 23.6 Å². The Morgan fingerprint density at radius 1 is 0.273 bits per heavy atom. The van der Waals surface area contributed by atoms with Crippen LogP contribution in [-0.4, -0.2) is 43.6 Å². The quantitative estimate of drug-likeness (QED) is 0.0284. The fourth-order valence-corrected chi connectivity index (χ4v) is 14.0. The number of nitrogens with one attached hydrogen (secondary N) is 8. The van der Waals surface area contributed by atoms with Crippen LogP contribution in [0, 0.1) is 0 Å². The van der Waals surface area contributed by atoms with E-state index < -0.39 is 0 Å². The number of carbonyl (C=O) groups excluding carboxylic acids is 4. The Morgan fingerprint density at radius 3 is 0.975 bits per heavy atom. The molecule has 5 heterocycles. The molecule has 0 bridgehead atoms. The minimum Gasteiger partial charge on any atom is -0.348 e. The third kappa shape index (κ3) is 24.0. The van der Waals surface area contributed by atoms with Gasteiger partial charge in [-0.3, -0.25) is 19.2 Å². The third-order valence-corrected chi connectivity index (χ3v) is 20.9. The molecule has 17 rings (SSSR count). The summed E-state index contributed by atoms with van der Waals surface area (Å²) in [5, 5.41) is 30.4. The van der Waals surface area contributed by atoms with Gasteiger partial charge in [-0.1, -0.05) is 236 Å². The smallest absolute Gasteiger partial charge is 0.251 e. The SMILES string of the molecule is O=C(NCc1cccc(Cl)c1Cl)c1cccc(-c2ccnc(Nc3ccccc3)c2)c1.O=C(NCc1cccc2ccccc12)c1cccc(-c2ccnc(Nc3ccccc3)c2)c1.O=C(NCc1ccccc1)c1cccc(-c2ccnc(Nc3ccccc3)c2)c1.O=C(NCc1cccs1)c1cccc(-c2ccnc(Nc3ccccc3)c2)c1. The van der Waals surface area contributed by atoms with Crippen LogP contribution in [0.25, 0.3) is 55.3 Å². The summed E-state index contributed by atoms with van der Waals surface area (Å²) in [5.74, 6) is 2.55. The minimum absolute atomic E-state index is 0.0769. The van der Waals surface area contributed by atoms with Gasteiger partial charge in [-0.2, -0.15) is 0 Å². The molecule has 121 heavy (non-hydrogen) atoms. The van der Waals surface area contributed by atoms with Gasteiger partial charge in [-0.25, -0.2) is 19.9 Å². The first-order valence-electron chi connectivity index (χ1n) is 39.0. The molecule has 16 nitrogen and oxygen atoms in total. The van der Waals surface area contributed by atoms with Gasteiger partial charge in [0.1, 0.15) is 23.3 Å². The van der Waals surface area contributed by atoms with Crippen molar-refractivity contribution in [3.8, 4) is 44.5 Å². The first kappa shape index (κ1) is 82.4. The van der Waals surface area contributed by atoms with Crippen LogP contribution in [0.2, 0.25) is 10.0 Å². The first-order valence-corrected chi connectivity index (χ1v) is 40.7. The number of thiophene rings is 1. The summed E-state index contributed by atoms with van der Waals surface area (Å²) in [7, 11) is 0. The lowest BCUT2D eigenvalue weighted by Crippen LogP contribution is -2.22. The van der Waals surface area contributed by atoms with Crippen LogP contribution in [0.1, 0.15) is 63.0 Å². The Labute approximate surface area is 716 Å². The van der Waals surface area contributed by atoms with E-state index in [2.05, 4.69) is 86.7 Å². The number of amides is 4. The van der Waals surface area contributed by atoms with Crippen LogP contribution in [-0.2, 0) is 26.2 Å². The standard InChI is InChI=1S/C29H23N3O.C25H19Cl2N3O.C25H21N3O.C23H19N3OS/c33-29(31-20-25-12-6-9-21-8-4-5-15-27(21)25)24-11-7-10-22(18-24)23-16-17-30-28(19-23)32-26-13-2-1-3-14-26;26-22-11-5-8-20(24(22)27)16-29-25(31)19-7-4-6-17(14-19)18-12-13-28-23(15-18)30-21-9-2-1-3-10-21;29-25(27-18-19-8-3-1-4-9-19)22-11-7-10-20(16-22)21-14-15-26-24(17-21)28-23-12-5-2-6-13-23;27-23(25-16-21-10-5-13-28-21)19-7-4-6-17(14-19)18-11-12-24-22(15-18)26-20-8-2-1-3-9-20/h1-19H,20H2,(H,30,32)(H,31,33);1-15H,16H2,(H,28,30)(H,29,31);1-17H,18H2,(H,26,28)(H,27,29);1-15H,16H2,(H,24,26)(H,25,27). The molecule has 0 aliphatic carbocycles. The van der Waals surface area contributed by atoms with Gasteiger partial charge in [0, 0.05) is 94.3 Å². The maximum absolute atomic E-state index is 12.9. The highest BCUT2D eigenvalue weighted by molar-refractivity contribution is 7.09. The Hall–Kier alpha value is -15.1. The number of anilines is 8. The zero-order valence-corrected chi connectivity index (χ0v) is 67.8. The summed E-state index contributed by atoms with van der Waals surface area (Å²) in [6, 6.07) is 119. The molecule has 0 saturated carbocycles. The normalized spacial score (nSPS) is 10.5. The largest absolute Gasteiger partial charge is 0.348 e.